The van der Waals surface area contributed by atoms with Crippen LogP contribution < -0.4 is 16.0 Å². The first kappa shape index (κ1) is 14.1. The number of benzene rings is 1. The Morgan fingerprint density at radius 1 is 1.20 bits per heavy atom. The fourth-order valence-corrected chi connectivity index (χ4v) is 2.74. The minimum absolute atomic E-state index is 0.0892. The number of nitrogens with two attached hydrogens (primary N) is 1. The van der Waals surface area contributed by atoms with Crippen LogP contribution in [0.2, 0.25) is 0 Å². The molecule has 2 aromatic rings. The largest absolute Gasteiger partial charge is 0.399 e. The van der Waals surface area contributed by atoms with E-state index >= 15 is 0 Å². The van der Waals surface area contributed by atoms with E-state index in [0.29, 0.717) is 12.2 Å². The quantitative estimate of drug-likeness (QED) is 0.829. The number of hydrogen-bond donors (Lipinski definition) is 2. The predicted molar refractivity (Wildman–Crippen MR) is 78.0 cm³/mol. The SMILES string of the molecule is CCn1ccc(NS(=O)(=O)c2ccc(N)cc2)cc1=O. The van der Waals surface area contributed by atoms with Crippen LogP contribution in [0, 0.1) is 0 Å². The molecule has 20 heavy (non-hydrogen) atoms. The summed E-state index contributed by atoms with van der Waals surface area (Å²) in [4.78, 5) is 11.7. The molecule has 6 nitrogen and oxygen atoms in total. The highest BCUT2D eigenvalue weighted by Crippen LogP contribution is 2.15. The topological polar surface area (TPSA) is 94.2 Å². The summed E-state index contributed by atoms with van der Waals surface area (Å²) in [6.07, 6.45) is 1.54. The normalized spacial score (nSPS) is 11.2. The Morgan fingerprint density at radius 3 is 2.40 bits per heavy atom. The molecule has 0 bridgehead atoms. The Kier molecular flexibility index (Phi) is 3.80. The van der Waals surface area contributed by atoms with Gasteiger partial charge in [0.1, 0.15) is 0 Å². The van der Waals surface area contributed by atoms with Gasteiger partial charge in [-0.3, -0.25) is 9.52 Å². The highest BCUT2D eigenvalue weighted by molar-refractivity contribution is 7.92. The molecule has 0 aliphatic carbocycles. The summed E-state index contributed by atoms with van der Waals surface area (Å²) in [6.45, 7) is 2.36. The molecule has 0 saturated carbocycles. The summed E-state index contributed by atoms with van der Waals surface area (Å²) in [6, 6.07) is 8.61. The van der Waals surface area contributed by atoms with E-state index in [1.807, 2.05) is 6.92 Å². The van der Waals surface area contributed by atoms with Crippen molar-refractivity contribution in [3.63, 3.8) is 0 Å². The lowest BCUT2D eigenvalue weighted by Gasteiger charge is -2.09. The molecule has 106 valence electrons. The highest BCUT2D eigenvalue weighted by Gasteiger charge is 2.14. The summed E-state index contributed by atoms with van der Waals surface area (Å²) in [5.41, 5.74) is 5.97. The molecule has 0 saturated heterocycles. The van der Waals surface area contributed by atoms with Crippen LogP contribution in [0.4, 0.5) is 11.4 Å². The standard InChI is InChI=1S/C13H15N3O3S/c1-2-16-8-7-11(9-13(16)17)15-20(18,19)12-5-3-10(14)4-6-12/h3-9,15H,2,14H2,1H3. The average Bonchev–Trinajstić information content (AvgIpc) is 2.39. The zero-order valence-corrected chi connectivity index (χ0v) is 11.7. The molecular weight excluding hydrogens is 278 g/mol. The zero-order valence-electron chi connectivity index (χ0n) is 10.9. The number of aromatic nitrogens is 1. The van der Waals surface area contributed by atoms with Crippen LogP contribution in [0.25, 0.3) is 0 Å². The highest BCUT2D eigenvalue weighted by atomic mass is 32.2. The van der Waals surface area contributed by atoms with Crippen molar-refractivity contribution in [2.45, 2.75) is 18.4 Å². The lowest BCUT2D eigenvalue weighted by Crippen LogP contribution is -2.20. The number of pyridine rings is 1. The van der Waals surface area contributed by atoms with Gasteiger partial charge in [-0.1, -0.05) is 0 Å². The zero-order chi connectivity index (χ0) is 14.8. The minimum atomic E-state index is -3.72. The third kappa shape index (κ3) is 3.00. The molecule has 0 spiro atoms. The number of rotatable bonds is 4. The van der Waals surface area contributed by atoms with Crippen LogP contribution in [0.1, 0.15) is 6.92 Å². The monoisotopic (exact) mass is 293 g/mol. The second kappa shape index (κ2) is 5.38. The van der Waals surface area contributed by atoms with E-state index in [0.717, 1.165) is 0 Å². The van der Waals surface area contributed by atoms with Crippen molar-refractivity contribution in [3.8, 4) is 0 Å². The fraction of sp³-hybridized carbons (Fsp3) is 0.154. The van der Waals surface area contributed by atoms with E-state index in [1.54, 1.807) is 12.3 Å². The number of nitrogen functional groups attached to an aromatic ring is 1. The van der Waals surface area contributed by atoms with Crippen molar-refractivity contribution in [3.05, 3.63) is 52.9 Å². The molecule has 0 unspecified atom stereocenters. The molecule has 7 heteroatoms. The Morgan fingerprint density at radius 2 is 1.85 bits per heavy atom. The summed E-state index contributed by atoms with van der Waals surface area (Å²) in [7, 11) is -3.72. The van der Waals surface area contributed by atoms with E-state index < -0.39 is 10.0 Å². The fourth-order valence-electron chi connectivity index (χ4n) is 1.69. The predicted octanol–water partition coefficient (Wildman–Crippen LogP) is 1.25. The third-order valence-electron chi connectivity index (χ3n) is 2.78. The van der Waals surface area contributed by atoms with Crippen molar-refractivity contribution >= 4 is 21.4 Å². The van der Waals surface area contributed by atoms with Gasteiger partial charge in [0, 0.05) is 24.5 Å². The molecule has 0 aliphatic heterocycles. The lowest BCUT2D eigenvalue weighted by molar-refractivity contribution is 0.601. The van der Waals surface area contributed by atoms with Crippen molar-refractivity contribution in [1.82, 2.24) is 4.57 Å². The smallest absolute Gasteiger partial charge is 0.261 e. The second-order valence-corrected chi connectivity index (χ2v) is 5.90. The van der Waals surface area contributed by atoms with Gasteiger partial charge in [-0.05, 0) is 37.3 Å². The minimum Gasteiger partial charge on any atom is -0.399 e. The van der Waals surface area contributed by atoms with E-state index in [-0.39, 0.29) is 16.1 Å². The van der Waals surface area contributed by atoms with E-state index in [2.05, 4.69) is 4.72 Å². The number of aryl methyl sites for hydroxylation is 1. The first-order valence-corrected chi connectivity index (χ1v) is 7.49. The van der Waals surface area contributed by atoms with Crippen molar-refractivity contribution in [2.24, 2.45) is 0 Å². The Bertz CT molecular complexity index is 764. The van der Waals surface area contributed by atoms with Gasteiger partial charge >= 0.3 is 0 Å². The first-order valence-electron chi connectivity index (χ1n) is 6.01. The molecule has 2 rings (SSSR count). The third-order valence-corrected chi connectivity index (χ3v) is 4.18. The number of anilines is 2. The van der Waals surface area contributed by atoms with Gasteiger partial charge in [-0.25, -0.2) is 8.42 Å². The molecule has 3 N–H and O–H groups in total. The molecule has 1 aromatic carbocycles. The average molecular weight is 293 g/mol. The summed E-state index contributed by atoms with van der Waals surface area (Å²) in [5, 5.41) is 0. The Hall–Kier alpha value is -2.28. The van der Waals surface area contributed by atoms with Crippen molar-refractivity contribution < 1.29 is 8.42 Å². The maximum absolute atomic E-state index is 12.1. The van der Waals surface area contributed by atoms with Crippen LogP contribution in [-0.2, 0) is 16.6 Å². The first-order chi connectivity index (χ1) is 9.42. The number of hydrogen-bond acceptors (Lipinski definition) is 4. The van der Waals surface area contributed by atoms with Gasteiger partial charge in [0.05, 0.1) is 10.6 Å². The maximum Gasteiger partial charge on any atom is 0.261 e. The van der Waals surface area contributed by atoms with Crippen molar-refractivity contribution in [1.29, 1.82) is 0 Å². The van der Waals surface area contributed by atoms with Gasteiger partial charge in [-0.15, -0.1) is 0 Å². The number of nitrogens with zero attached hydrogens (tertiary/aromatic N) is 1. The van der Waals surface area contributed by atoms with Crippen LogP contribution >= 0.6 is 0 Å². The molecule has 0 atom stereocenters. The summed E-state index contributed by atoms with van der Waals surface area (Å²) < 4.78 is 28.1. The number of nitrogens with one attached hydrogen (secondary N) is 1. The van der Waals surface area contributed by atoms with Gasteiger partial charge in [-0.2, -0.15) is 0 Å². The van der Waals surface area contributed by atoms with Crippen LogP contribution in [-0.4, -0.2) is 13.0 Å². The maximum atomic E-state index is 12.1. The van der Waals surface area contributed by atoms with E-state index in [4.69, 9.17) is 5.73 Å². The Balaban J connectivity index is 2.31. The van der Waals surface area contributed by atoms with Crippen LogP contribution in [0.15, 0.2) is 52.3 Å². The van der Waals surface area contributed by atoms with Gasteiger partial charge in [0.2, 0.25) is 0 Å². The van der Waals surface area contributed by atoms with E-state index in [9.17, 15) is 13.2 Å². The molecule has 1 heterocycles. The van der Waals surface area contributed by atoms with E-state index in [1.165, 1.54) is 34.9 Å². The molecule has 0 amide bonds. The molecule has 1 aromatic heterocycles. The molecule has 0 radical (unpaired) electrons. The van der Waals surface area contributed by atoms with Gasteiger partial charge in [0.25, 0.3) is 15.6 Å². The van der Waals surface area contributed by atoms with Gasteiger partial charge in [0.15, 0.2) is 0 Å². The number of sulfonamides is 1. The summed E-state index contributed by atoms with van der Waals surface area (Å²) >= 11 is 0. The van der Waals surface area contributed by atoms with Crippen LogP contribution in [0.5, 0.6) is 0 Å². The lowest BCUT2D eigenvalue weighted by atomic mass is 10.3. The second-order valence-electron chi connectivity index (χ2n) is 4.21. The molecule has 0 aliphatic rings. The molecular formula is C13H15N3O3S. The summed E-state index contributed by atoms with van der Waals surface area (Å²) in [5.74, 6) is 0. The van der Waals surface area contributed by atoms with Crippen LogP contribution in [0.3, 0.4) is 0 Å². The molecule has 0 fully saturated rings. The van der Waals surface area contributed by atoms with Crippen molar-refractivity contribution in [2.75, 3.05) is 10.5 Å². The Labute approximate surface area is 116 Å². The van der Waals surface area contributed by atoms with Gasteiger partial charge < -0.3 is 10.3 Å².